The summed E-state index contributed by atoms with van der Waals surface area (Å²) >= 11 is 18.0. The van der Waals surface area contributed by atoms with Gasteiger partial charge in [0.25, 0.3) is 5.91 Å². The van der Waals surface area contributed by atoms with Crippen molar-refractivity contribution in [2.75, 3.05) is 11.9 Å². The standard InChI is InChI=1S/C25H19Cl3N2O3/c1-2-32-24-12-16(3-10-23(24)33-15-17-4-5-20(27)13-22(17)28)11-18(14-29)25(31)30-21-8-6-19(26)7-9-21/h3-13H,2,15H2,1H3,(H,30,31)/b18-11-. The number of benzene rings is 3. The van der Waals surface area contributed by atoms with Crippen molar-refractivity contribution in [3.05, 3.63) is 92.4 Å². The van der Waals surface area contributed by atoms with E-state index in [2.05, 4.69) is 5.32 Å². The molecule has 0 radical (unpaired) electrons. The summed E-state index contributed by atoms with van der Waals surface area (Å²) in [6, 6.07) is 18.9. The van der Waals surface area contributed by atoms with Crippen LogP contribution in [-0.4, -0.2) is 12.5 Å². The molecule has 0 unspecified atom stereocenters. The fourth-order valence-corrected chi connectivity index (χ4v) is 3.43. The zero-order valence-electron chi connectivity index (χ0n) is 17.6. The van der Waals surface area contributed by atoms with Crippen molar-refractivity contribution in [3.8, 4) is 17.6 Å². The minimum Gasteiger partial charge on any atom is -0.490 e. The van der Waals surface area contributed by atoms with E-state index in [1.807, 2.05) is 13.0 Å². The van der Waals surface area contributed by atoms with Gasteiger partial charge >= 0.3 is 0 Å². The number of carbonyl (C=O) groups excluding carboxylic acids is 1. The number of nitrogens with zero attached hydrogens (tertiary/aromatic N) is 1. The number of anilines is 1. The van der Waals surface area contributed by atoms with Gasteiger partial charge in [-0.3, -0.25) is 4.79 Å². The van der Waals surface area contributed by atoms with Gasteiger partial charge in [-0.05, 0) is 67.1 Å². The number of ether oxygens (including phenoxy) is 2. The topological polar surface area (TPSA) is 71.3 Å². The van der Waals surface area contributed by atoms with Crippen LogP contribution in [0, 0.1) is 11.3 Å². The predicted molar refractivity (Wildman–Crippen MR) is 132 cm³/mol. The number of carbonyl (C=O) groups is 1. The lowest BCUT2D eigenvalue weighted by atomic mass is 10.1. The Labute approximate surface area is 207 Å². The second-order valence-corrected chi connectivity index (χ2v) is 8.07. The van der Waals surface area contributed by atoms with Crippen molar-refractivity contribution in [1.29, 1.82) is 5.26 Å². The Morgan fingerprint density at radius 3 is 2.36 bits per heavy atom. The number of amides is 1. The summed E-state index contributed by atoms with van der Waals surface area (Å²) in [4.78, 5) is 12.5. The molecule has 0 bridgehead atoms. The minimum absolute atomic E-state index is 0.0611. The van der Waals surface area contributed by atoms with Gasteiger partial charge in [0.15, 0.2) is 11.5 Å². The summed E-state index contributed by atoms with van der Waals surface area (Å²) in [5.41, 5.74) is 1.86. The molecule has 0 atom stereocenters. The second kappa shape index (κ2) is 11.6. The van der Waals surface area contributed by atoms with Gasteiger partial charge in [-0.15, -0.1) is 0 Å². The van der Waals surface area contributed by atoms with Crippen molar-refractivity contribution >= 4 is 52.5 Å². The number of rotatable bonds is 8. The molecule has 8 heteroatoms. The Kier molecular flexibility index (Phi) is 8.62. The monoisotopic (exact) mass is 500 g/mol. The summed E-state index contributed by atoms with van der Waals surface area (Å²) in [5.74, 6) is 0.450. The lowest BCUT2D eigenvalue weighted by Gasteiger charge is -2.13. The maximum Gasteiger partial charge on any atom is 0.266 e. The van der Waals surface area contributed by atoms with E-state index in [-0.39, 0.29) is 12.2 Å². The van der Waals surface area contributed by atoms with Gasteiger partial charge in [0.05, 0.1) is 6.61 Å². The first-order valence-corrected chi connectivity index (χ1v) is 11.0. The van der Waals surface area contributed by atoms with Gasteiger partial charge in [0, 0.05) is 26.3 Å². The second-order valence-electron chi connectivity index (χ2n) is 6.79. The fourth-order valence-electron chi connectivity index (χ4n) is 2.84. The van der Waals surface area contributed by atoms with Crippen LogP contribution in [0.4, 0.5) is 5.69 Å². The number of hydrogen-bond acceptors (Lipinski definition) is 4. The predicted octanol–water partition coefficient (Wildman–Crippen LogP) is 7.17. The van der Waals surface area contributed by atoms with Crippen LogP contribution >= 0.6 is 34.8 Å². The summed E-state index contributed by atoms with van der Waals surface area (Å²) in [7, 11) is 0. The molecule has 0 aromatic heterocycles. The Balaban J connectivity index is 1.78. The molecule has 0 fully saturated rings. The number of hydrogen-bond donors (Lipinski definition) is 1. The molecule has 5 nitrogen and oxygen atoms in total. The Morgan fingerprint density at radius 2 is 1.70 bits per heavy atom. The highest BCUT2D eigenvalue weighted by molar-refractivity contribution is 6.35. The van der Waals surface area contributed by atoms with Gasteiger partial charge in [0.1, 0.15) is 18.2 Å². The van der Waals surface area contributed by atoms with Crippen LogP contribution in [0.1, 0.15) is 18.1 Å². The van der Waals surface area contributed by atoms with Gasteiger partial charge in [-0.25, -0.2) is 0 Å². The highest BCUT2D eigenvalue weighted by Crippen LogP contribution is 2.31. The Hall–Kier alpha value is -3.17. The maximum absolute atomic E-state index is 12.5. The molecule has 1 N–H and O–H groups in total. The van der Waals surface area contributed by atoms with Crippen molar-refractivity contribution < 1.29 is 14.3 Å². The molecule has 0 aliphatic carbocycles. The number of nitrogens with one attached hydrogen (secondary N) is 1. The largest absolute Gasteiger partial charge is 0.490 e. The molecule has 0 aliphatic heterocycles. The minimum atomic E-state index is -0.532. The van der Waals surface area contributed by atoms with Crippen molar-refractivity contribution in [3.63, 3.8) is 0 Å². The van der Waals surface area contributed by atoms with E-state index >= 15 is 0 Å². The van der Waals surface area contributed by atoms with Gasteiger partial charge in [0.2, 0.25) is 0 Å². The molecular formula is C25H19Cl3N2O3. The van der Waals surface area contributed by atoms with Crippen molar-refractivity contribution in [1.82, 2.24) is 0 Å². The molecule has 0 spiro atoms. The Morgan fingerprint density at radius 1 is 0.970 bits per heavy atom. The highest BCUT2D eigenvalue weighted by atomic mass is 35.5. The summed E-state index contributed by atoms with van der Waals surface area (Å²) in [5, 5.41) is 13.8. The zero-order valence-corrected chi connectivity index (χ0v) is 19.8. The van der Waals surface area contributed by atoms with E-state index in [1.165, 1.54) is 6.08 Å². The van der Waals surface area contributed by atoms with E-state index in [9.17, 15) is 10.1 Å². The van der Waals surface area contributed by atoms with Crippen LogP contribution in [0.25, 0.3) is 6.08 Å². The van der Waals surface area contributed by atoms with E-state index in [4.69, 9.17) is 44.3 Å². The molecule has 3 aromatic carbocycles. The molecule has 3 aromatic rings. The summed E-state index contributed by atoms with van der Waals surface area (Å²) in [6.07, 6.45) is 1.48. The first-order chi connectivity index (χ1) is 15.9. The van der Waals surface area contributed by atoms with E-state index in [0.717, 1.165) is 5.56 Å². The molecule has 0 heterocycles. The first kappa shape index (κ1) is 24.5. The van der Waals surface area contributed by atoms with Crippen molar-refractivity contribution in [2.45, 2.75) is 13.5 Å². The summed E-state index contributed by atoms with van der Waals surface area (Å²) < 4.78 is 11.6. The third-order valence-electron chi connectivity index (χ3n) is 4.44. The number of halogens is 3. The van der Waals surface area contributed by atoms with E-state index < -0.39 is 5.91 Å². The van der Waals surface area contributed by atoms with E-state index in [0.29, 0.717) is 44.4 Å². The van der Waals surface area contributed by atoms with Gasteiger partial charge in [-0.1, -0.05) is 46.9 Å². The quantitative estimate of drug-likeness (QED) is 0.262. The highest BCUT2D eigenvalue weighted by Gasteiger charge is 2.12. The van der Waals surface area contributed by atoms with Gasteiger partial charge < -0.3 is 14.8 Å². The molecule has 1 amide bonds. The number of nitriles is 1. The molecule has 0 aliphatic rings. The first-order valence-electron chi connectivity index (χ1n) is 9.92. The average Bonchev–Trinajstić information content (AvgIpc) is 2.79. The fraction of sp³-hybridized carbons (Fsp3) is 0.120. The zero-order chi connectivity index (χ0) is 23.8. The SMILES string of the molecule is CCOc1cc(/C=C(/C#N)C(=O)Nc2ccc(Cl)cc2)ccc1OCc1ccc(Cl)cc1Cl. The van der Waals surface area contributed by atoms with Crippen LogP contribution in [0.15, 0.2) is 66.2 Å². The third kappa shape index (κ3) is 6.90. The Bertz CT molecular complexity index is 1220. The average molecular weight is 502 g/mol. The summed E-state index contributed by atoms with van der Waals surface area (Å²) in [6.45, 7) is 2.48. The maximum atomic E-state index is 12.5. The smallest absolute Gasteiger partial charge is 0.266 e. The van der Waals surface area contributed by atoms with Crippen LogP contribution in [0.2, 0.25) is 15.1 Å². The third-order valence-corrected chi connectivity index (χ3v) is 5.28. The lowest BCUT2D eigenvalue weighted by Crippen LogP contribution is -2.13. The van der Waals surface area contributed by atoms with Gasteiger partial charge in [-0.2, -0.15) is 5.26 Å². The molecule has 33 heavy (non-hydrogen) atoms. The van der Waals surface area contributed by atoms with Crippen LogP contribution in [-0.2, 0) is 11.4 Å². The normalized spacial score (nSPS) is 10.9. The van der Waals surface area contributed by atoms with Crippen LogP contribution in [0.5, 0.6) is 11.5 Å². The molecule has 168 valence electrons. The van der Waals surface area contributed by atoms with E-state index in [1.54, 1.807) is 60.7 Å². The van der Waals surface area contributed by atoms with Crippen LogP contribution in [0.3, 0.4) is 0 Å². The molecule has 0 saturated heterocycles. The molecular weight excluding hydrogens is 483 g/mol. The molecule has 0 saturated carbocycles. The van der Waals surface area contributed by atoms with Crippen molar-refractivity contribution in [2.24, 2.45) is 0 Å². The van der Waals surface area contributed by atoms with Crippen LogP contribution < -0.4 is 14.8 Å². The molecule has 3 rings (SSSR count). The lowest BCUT2D eigenvalue weighted by molar-refractivity contribution is -0.112.